The van der Waals surface area contributed by atoms with Crippen molar-refractivity contribution in [2.45, 2.75) is 33.2 Å². The number of hydrogen-bond acceptors (Lipinski definition) is 3. The highest BCUT2D eigenvalue weighted by atomic mass is 35.5. The molecule has 2 bridgehead atoms. The molecule has 3 heterocycles. The molecular formula is C12H18ClN3. The maximum Gasteiger partial charge on any atom is 0.151 e. The largest absolute Gasteiger partial charge is 0.366 e. The molecule has 1 aromatic heterocycles. The van der Waals surface area contributed by atoms with Crippen LogP contribution in [0.25, 0.3) is 0 Å². The first-order valence-corrected chi connectivity index (χ1v) is 6.30. The number of aromatic nitrogens is 1. The van der Waals surface area contributed by atoms with Gasteiger partial charge in [0.25, 0.3) is 0 Å². The number of rotatable bonds is 0. The van der Waals surface area contributed by atoms with Gasteiger partial charge in [0.05, 0.1) is 5.69 Å². The van der Waals surface area contributed by atoms with E-state index in [4.69, 9.17) is 11.6 Å². The van der Waals surface area contributed by atoms with Gasteiger partial charge >= 0.3 is 0 Å². The van der Waals surface area contributed by atoms with Crippen molar-refractivity contribution in [1.82, 2.24) is 4.98 Å². The Labute approximate surface area is 102 Å². The summed E-state index contributed by atoms with van der Waals surface area (Å²) in [6.07, 6.45) is 1.20. The van der Waals surface area contributed by atoms with Crippen LogP contribution < -0.4 is 10.2 Å². The van der Waals surface area contributed by atoms with Crippen molar-refractivity contribution >= 4 is 23.1 Å². The summed E-state index contributed by atoms with van der Waals surface area (Å²) in [6, 6.07) is 2.49. The Hall–Kier alpha value is -0.960. The lowest BCUT2D eigenvalue weighted by Crippen LogP contribution is -2.32. The van der Waals surface area contributed by atoms with Crippen LogP contribution in [0.15, 0.2) is 6.07 Å². The number of halogens is 1. The third kappa shape index (κ3) is 1.84. The first-order chi connectivity index (χ1) is 7.74. The van der Waals surface area contributed by atoms with E-state index >= 15 is 0 Å². The Kier molecular flexibility index (Phi) is 3.24. The highest BCUT2D eigenvalue weighted by molar-refractivity contribution is 6.29. The lowest BCUT2D eigenvalue weighted by atomic mass is 10.2. The maximum absolute atomic E-state index is 5.93. The first kappa shape index (κ1) is 11.5. The lowest BCUT2D eigenvalue weighted by Gasteiger charge is -2.29. The molecule has 1 aromatic rings. The van der Waals surface area contributed by atoms with E-state index < -0.39 is 0 Å². The summed E-state index contributed by atoms with van der Waals surface area (Å²) in [6.45, 7) is 8.33. The molecule has 1 fully saturated rings. The molecular weight excluding hydrogens is 222 g/mol. The third-order valence-electron chi connectivity index (χ3n) is 3.00. The minimum atomic E-state index is 0.563. The van der Waals surface area contributed by atoms with Gasteiger partial charge in [-0.05, 0) is 25.0 Å². The zero-order valence-corrected chi connectivity index (χ0v) is 10.8. The molecule has 0 unspecified atom stereocenters. The van der Waals surface area contributed by atoms with E-state index in [9.17, 15) is 0 Å². The zero-order chi connectivity index (χ0) is 11.7. The molecule has 4 heteroatoms. The molecule has 1 atom stereocenters. The fourth-order valence-corrected chi connectivity index (χ4v) is 2.65. The number of nitrogens with one attached hydrogen (secondary N) is 1. The summed E-state index contributed by atoms with van der Waals surface area (Å²) in [4.78, 5) is 6.73. The van der Waals surface area contributed by atoms with E-state index in [1.807, 2.05) is 19.9 Å². The molecule has 3 nitrogen and oxygen atoms in total. The second kappa shape index (κ2) is 4.50. The fraction of sp³-hybridized carbons (Fsp3) is 0.583. The minimum absolute atomic E-state index is 0.563. The van der Waals surface area contributed by atoms with Crippen molar-refractivity contribution in [3.8, 4) is 0 Å². The zero-order valence-electron chi connectivity index (χ0n) is 10.0. The maximum atomic E-state index is 5.93. The Morgan fingerprint density at radius 1 is 1.50 bits per heavy atom. The third-order valence-corrected chi connectivity index (χ3v) is 3.19. The highest BCUT2D eigenvalue weighted by Gasteiger charge is 2.31. The van der Waals surface area contributed by atoms with Gasteiger partial charge in [-0.3, -0.25) is 0 Å². The summed E-state index contributed by atoms with van der Waals surface area (Å²) in [5.74, 6) is 0.962. The van der Waals surface area contributed by atoms with Gasteiger partial charge in [-0.1, -0.05) is 25.4 Å². The lowest BCUT2D eigenvalue weighted by molar-refractivity contribution is 0.787. The van der Waals surface area contributed by atoms with Gasteiger partial charge < -0.3 is 10.2 Å². The average Bonchev–Trinajstić information content (AvgIpc) is 2.62. The van der Waals surface area contributed by atoms with Crippen molar-refractivity contribution in [3.05, 3.63) is 16.8 Å². The summed E-state index contributed by atoms with van der Waals surface area (Å²) < 4.78 is 0. The summed E-state index contributed by atoms with van der Waals surface area (Å²) in [5.41, 5.74) is 2.45. The van der Waals surface area contributed by atoms with Crippen LogP contribution in [0.1, 0.15) is 25.8 Å². The molecule has 1 saturated heterocycles. The van der Waals surface area contributed by atoms with Gasteiger partial charge in [0.1, 0.15) is 5.15 Å². The summed E-state index contributed by atoms with van der Waals surface area (Å²) in [5, 5.41) is 4.01. The second-order valence-corrected chi connectivity index (χ2v) is 4.42. The SMILES string of the molecule is CC.Cc1cc(Cl)nc2c1N1CC[C@@H](C1)N2. The smallest absolute Gasteiger partial charge is 0.151 e. The van der Waals surface area contributed by atoms with Crippen molar-refractivity contribution in [3.63, 3.8) is 0 Å². The predicted molar refractivity (Wildman–Crippen MR) is 69.6 cm³/mol. The summed E-state index contributed by atoms with van der Waals surface area (Å²) >= 11 is 5.93. The monoisotopic (exact) mass is 239 g/mol. The topological polar surface area (TPSA) is 28.2 Å². The van der Waals surface area contributed by atoms with Crippen LogP contribution in [0, 0.1) is 6.92 Å². The van der Waals surface area contributed by atoms with E-state index in [0.29, 0.717) is 11.2 Å². The number of nitrogens with zero attached hydrogens (tertiary/aromatic N) is 2. The van der Waals surface area contributed by atoms with Crippen LogP contribution in [0.4, 0.5) is 11.5 Å². The van der Waals surface area contributed by atoms with Gasteiger partial charge in [0, 0.05) is 19.1 Å². The van der Waals surface area contributed by atoms with Crippen molar-refractivity contribution < 1.29 is 0 Å². The number of hydrogen-bond donors (Lipinski definition) is 1. The highest BCUT2D eigenvalue weighted by Crippen LogP contribution is 2.37. The molecule has 2 aliphatic heterocycles. The first-order valence-electron chi connectivity index (χ1n) is 5.92. The van der Waals surface area contributed by atoms with E-state index in [1.165, 1.54) is 17.7 Å². The Bertz CT molecular complexity index is 392. The second-order valence-electron chi connectivity index (χ2n) is 4.04. The van der Waals surface area contributed by atoms with Gasteiger partial charge in [-0.25, -0.2) is 4.98 Å². The van der Waals surface area contributed by atoms with Crippen LogP contribution in [-0.4, -0.2) is 24.1 Å². The number of anilines is 2. The van der Waals surface area contributed by atoms with Crippen LogP contribution in [-0.2, 0) is 0 Å². The number of fused-ring (bicyclic) bond motifs is 4. The molecule has 16 heavy (non-hydrogen) atoms. The van der Waals surface area contributed by atoms with Crippen LogP contribution in [0.5, 0.6) is 0 Å². The Morgan fingerprint density at radius 3 is 3.00 bits per heavy atom. The van der Waals surface area contributed by atoms with E-state index in [-0.39, 0.29) is 0 Å². The van der Waals surface area contributed by atoms with E-state index in [2.05, 4.69) is 22.1 Å². The fourth-order valence-electron chi connectivity index (χ4n) is 2.40. The van der Waals surface area contributed by atoms with Crippen LogP contribution >= 0.6 is 11.6 Å². The molecule has 0 radical (unpaired) electrons. The van der Waals surface area contributed by atoms with Crippen LogP contribution in [0.2, 0.25) is 5.15 Å². The number of pyridine rings is 1. The Balaban J connectivity index is 0.000000457. The Morgan fingerprint density at radius 2 is 2.25 bits per heavy atom. The molecule has 0 aromatic carbocycles. The van der Waals surface area contributed by atoms with E-state index in [1.54, 1.807) is 0 Å². The molecule has 0 aliphatic carbocycles. The van der Waals surface area contributed by atoms with Crippen molar-refractivity contribution in [1.29, 1.82) is 0 Å². The molecule has 1 N–H and O–H groups in total. The van der Waals surface area contributed by atoms with Gasteiger partial charge in [0.2, 0.25) is 0 Å². The molecule has 0 spiro atoms. The quantitative estimate of drug-likeness (QED) is 0.706. The van der Waals surface area contributed by atoms with Gasteiger partial charge in [-0.2, -0.15) is 0 Å². The molecule has 88 valence electrons. The van der Waals surface area contributed by atoms with Crippen molar-refractivity contribution in [2.75, 3.05) is 23.3 Å². The van der Waals surface area contributed by atoms with Crippen LogP contribution in [0.3, 0.4) is 0 Å². The molecule has 0 amide bonds. The van der Waals surface area contributed by atoms with Gasteiger partial charge in [0.15, 0.2) is 5.82 Å². The average molecular weight is 240 g/mol. The molecule has 3 rings (SSSR count). The van der Waals surface area contributed by atoms with Crippen molar-refractivity contribution in [2.24, 2.45) is 0 Å². The molecule has 2 aliphatic rings. The number of aryl methyl sites for hydroxylation is 1. The normalized spacial score (nSPS) is 20.8. The predicted octanol–water partition coefficient (Wildman–Crippen LogP) is 3.07. The minimum Gasteiger partial charge on any atom is -0.366 e. The van der Waals surface area contributed by atoms with E-state index in [0.717, 1.165) is 18.9 Å². The molecule has 0 saturated carbocycles. The summed E-state index contributed by atoms with van der Waals surface area (Å²) in [7, 11) is 0. The van der Waals surface area contributed by atoms with Gasteiger partial charge in [-0.15, -0.1) is 0 Å². The standard InChI is InChI=1S/C10H12ClN3.C2H6/c1-6-4-8(11)13-10-9(6)14-3-2-7(5-14)12-10;1-2/h4,7H,2-3,5H2,1H3,(H,12,13);1-2H3/t7-;/m0./s1.